The number of nitrogens with two attached hydrogens (primary N) is 1. The van der Waals surface area contributed by atoms with Crippen LogP contribution < -0.4 is 15.2 Å². The van der Waals surface area contributed by atoms with Crippen LogP contribution >= 0.6 is 0 Å². The van der Waals surface area contributed by atoms with Crippen molar-refractivity contribution in [2.45, 2.75) is 24.7 Å². The number of hydrogen-bond donors (Lipinski definition) is 1. The molecule has 0 spiro atoms. The van der Waals surface area contributed by atoms with Gasteiger partial charge >= 0.3 is 0 Å². The molecule has 106 valence electrons. The van der Waals surface area contributed by atoms with Gasteiger partial charge in [-0.3, -0.25) is 0 Å². The van der Waals surface area contributed by atoms with Crippen molar-refractivity contribution in [1.82, 2.24) is 0 Å². The summed E-state index contributed by atoms with van der Waals surface area (Å²) in [7, 11) is 3.37. The maximum Gasteiger partial charge on any atom is 0.126 e. The van der Waals surface area contributed by atoms with Gasteiger partial charge in [-0.05, 0) is 31.9 Å². The molecule has 0 unspecified atom stereocenters. The molecule has 4 heteroatoms. The standard InChI is InChI=1S/C15H23NO3/c1-17-12-3-4-13(14(11-12)18-2)15(5-8-16)6-9-19-10-7-15/h3-4,11H,5-10,16H2,1-2H3. The zero-order valence-electron chi connectivity index (χ0n) is 11.8. The third-order valence-corrected chi connectivity index (χ3v) is 4.05. The second-order valence-electron chi connectivity index (χ2n) is 5.00. The molecule has 2 N–H and O–H groups in total. The molecular formula is C15H23NO3. The minimum atomic E-state index is 0.0740. The van der Waals surface area contributed by atoms with Gasteiger partial charge < -0.3 is 19.9 Å². The number of ether oxygens (including phenoxy) is 3. The van der Waals surface area contributed by atoms with Crippen LogP contribution in [0.4, 0.5) is 0 Å². The van der Waals surface area contributed by atoms with Crippen LogP contribution in [0.2, 0.25) is 0 Å². The van der Waals surface area contributed by atoms with Crippen molar-refractivity contribution in [2.75, 3.05) is 34.0 Å². The Hall–Kier alpha value is -1.26. The molecular weight excluding hydrogens is 242 g/mol. The van der Waals surface area contributed by atoms with Crippen molar-refractivity contribution in [1.29, 1.82) is 0 Å². The SMILES string of the molecule is COc1ccc(C2(CCN)CCOCC2)c(OC)c1. The fourth-order valence-electron chi connectivity index (χ4n) is 2.93. The Morgan fingerprint density at radius 3 is 2.53 bits per heavy atom. The molecule has 0 aliphatic carbocycles. The van der Waals surface area contributed by atoms with E-state index in [9.17, 15) is 0 Å². The van der Waals surface area contributed by atoms with Gasteiger partial charge in [-0.1, -0.05) is 6.07 Å². The van der Waals surface area contributed by atoms with Crippen molar-refractivity contribution >= 4 is 0 Å². The molecule has 0 atom stereocenters. The van der Waals surface area contributed by atoms with Crippen molar-refractivity contribution in [2.24, 2.45) is 5.73 Å². The van der Waals surface area contributed by atoms with Crippen LogP contribution in [-0.2, 0) is 10.2 Å². The zero-order chi connectivity index (χ0) is 13.7. The number of methoxy groups -OCH3 is 2. The molecule has 19 heavy (non-hydrogen) atoms. The maximum absolute atomic E-state index is 5.82. The average Bonchev–Trinajstić information content (AvgIpc) is 2.47. The van der Waals surface area contributed by atoms with Gasteiger partial charge in [0.2, 0.25) is 0 Å². The fraction of sp³-hybridized carbons (Fsp3) is 0.600. The minimum Gasteiger partial charge on any atom is -0.497 e. The van der Waals surface area contributed by atoms with Gasteiger partial charge in [-0.2, -0.15) is 0 Å². The summed E-state index contributed by atoms with van der Waals surface area (Å²) in [6.45, 7) is 2.25. The first-order chi connectivity index (χ1) is 9.25. The van der Waals surface area contributed by atoms with E-state index in [1.54, 1.807) is 14.2 Å². The lowest BCUT2D eigenvalue weighted by Crippen LogP contribution is -2.36. The Morgan fingerprint density at radius 2 is 1.95 bits per heavy atom. The Labute approximate surface area is 114 Å². The number of hydrogen-bond acceptors (Lipinski definition) is 4. The lowest BCUT2D eigenvalue weighted by atomic mass is 9.71. The van der Waals surface area contributed by atoms with E-state index in [-0.39, 0.29) is 5.41 Å². The molecule has 0 aromatic heterocycles. The van der Waals surface area contributed by atoms with Crippen LogP contribution in [0, 0.1) is 0 Å². The highest BCUT2D eigenvalue weighted by molar-refractivity contribution is 5.45. The van der Waals surface area contributed by atoms with Gasteiger partial charge in [0.1, 0.15) is 11.5 Å². The predicted octanol–water partition coefficient (Wildman–Crippen LogP) is 2.10. The molecule has 0 radical (unpaired) electrons. The largest absolute Gasteiger partial charge is 0.497 e. The summed E-state index contributed by atoms with van der Waals surface area (Å²) in [6, 6.07) is 6.05. The van der Waals surface area contributed by atoms with Crippen molar-refractivity contribution in [3.05, 3.63) is 23.8 Å². The summed E-state index contributed by atoms with van der Waals surface area (Å²) in [6.07, 6.45) is 2.94. The molecule has 1 aromatic rings. The second kappa shape index (κ2) is 6.26. The number of benzene rings is 1. The smallest absolute Gasteiger partial charge is 0.126 e. The quantitative estimate of drug-likeness (QED) is 0.886. The van der Waals surface area contributed by atoms with Crippen molar-refractivity contribution < 1.29 is 14.2 Å². The average molecular weight is 265 g/mol. The highest BCUT2D eigenvalue weighted by atomic mass is 16.5. The summed E-state index contributed by atoms with van der Waals surface area (Å²) in [5.41, 5.74) is 7.12. The van der Waals surface area contributed by atoms with Gasteiger partial charge in [0, 0.05) is 30.3 Å². The van der Waals surface area contributed by atoms with Crippen LogP contribution in [-0.4, -0.2) is 34.0 Å². The van der Waals surface area contributed by atoms with E-state index >= 15 is 0 Å². The van der Waals surface area contributed by atoms with Crippen LogP contribution in [0.3, 0.4) is 0 Å². The lowest BCUT2D eigenvalue weighted by molar-refractivity contribution is 0.0468. The van der Waals surface area contributed by atoms with E-state index in [1.165, 1.54) is 5.56 Å². The first-order valence-corrected chi connectivity index (χ1v) is 6.76. The first-order valence-electron chi connectivity index (χ1n) is 6.76. The van der Waals surface area contributed by atoms with Gasteiger partial charge in [0.25, 0.3) is 0 Å². The summed E-state index contributed by atoms with van der Waals surface area (Å²) in [5.74, 6) is 1.70. The first kappa shape index (κ1) is 14.2. The third-order valence-electron chi connectivity index (χ3n) is 4.05. The zero-order valence-corrected chi connectivity index (χ0v) is 11.8. The highest BCUT2D eigenvalue weighted by Gasteiger charge is 2.36. The maximum atomic E-state index is 5.82. The van der Waals surface area contributed by atoms with Gasteiger partial charge in [0.15, 0.2) is 0 Å². The molecule has 1 aliphatic rings. The van der Waals surface area contributed by atoms with Gasteiger partial charge in [-0.25, -0.2) is 0 Å². The van der Waals surface area contributed by atoms with Crippen molar-refractivity contribution in [3.63, 3.8) is 0 Å². The van der Waals surface area contributed by atoms with E-state index in [4.69, 9.17) is 19.9 Å². The fourth-order valence-corrected chi connectivity index (χ4v) is 2.93. The van der Waals surface area contributed by atoms with E-state index in [1.807, 2.05) is 12.1 Å². The third kappa shape index (κ3) is 2.85. The highest BCUT2D eigenvalue weighted by Crippen LogP contribution is 2.43. The van der Waals surface area contributed by atoms with E-state index in [2.05, 4.69) is 6.07 Å². The van der Waals surface area contributed by atoms with Gasteiger partial charge in [0.05, 0.1) is 14.2 Å². The molecule has 1 fully saturated rings. The van der Waals surface area contributed by atoms with Crippen molar-refractivity contribution in [3.8, 4) is 11.5 Å². The molecule has 0 bridgehead atoms. The topological polar surface area (TPSA) is 53.7 Å². The number of rotatable bonds is 5. The monoisotopic (exact) mass is 265 g/mol. The van der Waals surface area contributed by atoms with E-state index < -0.39 is 0 Å². The second-order valence-corrected chi connectivity index (χ2v) is 5.00. The Balaban J connectivity index is 2.40. The molecule has 0 amide bonds. The van der Waals surface area contributed by atoms with Crippen LogP contribution in [0.5, 0.6) is 11.5 Å². The van der Waals surface area contributed by atoms with Crippen LogP contribution in [0.1, 0.15) is 24.8 Å². The molecule has 1 aliphatic heterocycles. The molecule has 2 rings (SSSR count). The summed E-state index contributed by atoms with van der Waals surface area (Å²) in [5, 5.41) is 0. The van der Waals surface area contributed by atoms with Crippen LogP contribution in [0.15, 0.2) is 18.2 Å². The van der Waals surface area contributed by atoms with Crippen LogP contribution in [0.25, 0.3) is 0 Å². The molecule has 1 saturated heterocycles. The Kier molecular flexibility index (Phi) is 4.66. The normalized spacial score (nSPS) is 18.1. The summed E-state index contributed by atoms with van der Waals surface area (Å²) < 4.78 is 16.3. The Bertz CT molecular complexity index is 408. The molecule has 1 aromatic carbocycles. The van der Waals surface area contributed by atoms with Gasteiger partial charge in [-0.15, -0.1) is 0 Å². The predicted molar refractivity (Wildman–Crippen MR) is 74.9 cm³/mol. The summed E-state index contributed by atoms with van der Waals surface area (Å²) >= 11 is 0. The van der Waals surface area contributed by atoms with E-state index in [0.717, 1.165) is 44.0 Å². The molecule has 0 saturated carbocycles. The lowest BCUT2D eigenvalue weighted by Gasteiger charge is -2.38. The van der Waals surface area contributed by atoms with E-state index in [0.29, 0.717) is 6.54 Å². The summed E-state index contributed by atoms with van der Waals surface area (Å²) in [4.78, 5) is 0. The molecule has 4 nitrogen and oxygen atoms in total. The molecule has 1 heterocycles. The Morgan fingerprint density at radius 1 is 1.21 bits per heavy atom. The minimum absolute atomic E-state index is 0.0740.